The van der Waals surface area contributed by atoms with Crippen molar-refractivity contribution >= 4 is 11.9 Å². The van der Waals surface area contributed by atoms with Gasteiger partial charge in [0.2, 0.25) is 0 Å². The van der Waals surface area contributed by atoms with E-state index in [-0.39, 0.29) is 0 Å². The smallest absolute Gasteiger partial charge is 0.309 e. The monoisotopic (exact) mass is 426 g/mol. The third-order valence-corrected chi connectivity index (χ3v) is 6.73. The minimum absolute atomic E-state index is 0.304. The van der Waals surface area contributed by atoms with Crippen molar-refractivity contribution in [2.24, 2.45) is 11.3 Å². The van der Waals surface area contributed by atoms with Gasteiger partial charge in [0.05, 0.1) is 5.41 Å². The van der Waals surface area contributed by atoms with Crippen LogP contribution in [0.1, 0.15) is 143 Å². The summed E-state index contributed by atoms with van der Waals surface area (Å²) in [7, 11) is 0. The van der Waals surface area contributed by atoms with E-state index in [0.717, 1.165) is 70.6 Å². The van der Waals surface area contributed by atoms with Crippen LogP contribution in [0.3, 0.4) is 0 Å². The van der Waals surface area contributed by atoms with Crippen molar-refractivity contribution in [2.75, 3.05) is 0 Å². The van der Waals surface area contributed by atoms with Gasteiger partial charge in [0, 0.05) is 6.42 Å². The number of hydrogen-bond donors (Lipinski definition) is 2. The zero-order valence-electron chi connectivity index (χ0n) is 20.2. The van der Waals surface area contributed by atoms with Gasteiger partial charge in [-0.3, -0.25) is 9.59 Å². The van der Waals surface area contributed by atoms with E-state index < -0.39 is 17.4 Å². The quantitative estimate of drug-likeness (QED) is 0.171. The lowest BCUT2D eigenvalue weighted by atomic mass is 9.70. The maximum atomic E-state index is 12.2. The molecule has 0 bridgehead atoms. The molecule has 4 nitrogen and oxygen atoms in total. The van der Waals surface area contributed by atoms with Gasteiger partial charge in [-0.05, 0) is 31.6 Å². The zero-order valence-corrected chi connectivity index (χ0v) is 20.2. The van der Waals surface area contributed by atoms with E-state index in [1.165, 1.54) is 44.9 Å². The minimum Gasteiger partial charge on any atom is -0.481 e. The van der Waals surface area contributed by atoms with E-state index in [1.54, 1.807) is 0 Å². The first-order chi connectivity index (χ1) is 14.4. The van der Waals surface area contributed by atoms with E-state index in [9.17, 15) is 14.7 Å². The van der Waals surface area contributed by atoms with Crippen LogP contribution in [-0.2, 0) is 9.59 Å². The Morgan fingerprint density at radius 1 is 0.700 bits per heavy atom. The highest BCUT2D eigenvalue weighted by atomic mass is 16.4. The summed E-state index contributed by atoms with van der Waals surface area (Å²) in [4.78, 5) is 22.7. The van der Waals surface area contributed by atoms with Crippen LogP contribution in [0.15, 0.2) is 0 Å². The number of carbonyl (C=O) groups is 2. The normalized spacial score (nSPS) is 12.8. The van der Waals surface area contributed by atoms with E-state index in [2.05, 4.69) is 20.8 Å². The maximum Gasteiger partial charge on any atom is 0.309 e. The molecule has 0 aliphatic carbocycles. The van der Waals surface area contributed by atoms with Gasteiger partial charge in [0.15, 0.2) is 0 Å². The summed E-state index contributed by atoms with van der Waals surface area (Å²) >= 11 is 0. The van der Waals surface area contributed by atoms with Gasteiger partial charge in [-0.2, -0.15) is 0 Å². The third kappa shape index (κ3) is 14.0. The van der Waals surface area contributed by atoms with Crippen molar-refractivity contribution in [1.82, 2.24) is 0 Å². The molecular formula is C26H50O4. The predicted octanol–water partition coefficient (Wildman–Crippen LogP) is 8.23. The minimum atomic E-state index is -0.684. The second-order valence-corrected chi connectivity index (χ2v) is 9.39. The number of carboxylic acid groups (broad SMARTS) is 2. The Balaban J connectivity index is 4.16. The van der Waals surface area contributed by atoms with Gasteiger partial charge >= 0.3 is 11.9 Å². The van der Waals surface area contributed by atoms with Crippen LogP contribution in [0.2, 0.25) is 0 Å². The second-order valence-electron chi connectivity index (χ2n) is 9.39. The summed E-state index contributed by atoms with van der Waals surface area (Å²) < 4.78 is 0. The van der Waals surface area contributed by atoms with Crippen LogP contribution in [0.4, 0.5) is 0 Å². The Hall–Kier alpha value is -1.06. The first-order valence-corrected chi connectivity index (χ1v) is 12.9. The van der Waals surface area contributed by atoms with Crippen molar-refractivity contribution in [1.29, 1.82) is 0 Å². The number of carboxylic acids is 2. The molecule has 178 valence electrons. The second kappa shape index (κ2) is 18.7. The molecule has 0 rings (SSSR count). The topological polar surface area (TPSA) is 74.6 Å². The molecule has 0 saturated carbocycles. The molecule has 0 saturated heterocycles. The van der Waals surface area contributed by atoms with Crippen LogP contribution >= 0.6 is 0 Å². The lowest BCUT2D eigenvalue weighted by Crippen LogP contribution is -2.33. The van der Waals surface area contributed by atoms with Gasteiger partial charge in [0.25, 0.3) is 0 Å². The molecule has 0 aromatic heterocycles. The van der Waals surface area contributed by atoms with Crippen LogP contribution in [0.5, 0.6) is 0 Å². The van der Waals surface area contributed by atoms with E-state index in [1.807, 2.05) is 0 Å². The molecule has 0 heterocycles. The zero-order chi connectivity index (χ0) is 22.7. The highest BCUT2D eigenvalue weighted by molar-refractivity contribution is 5.74. The summed E-state index contributed by atoms with van der Waals surface area (Å²) in [6.07, 6.45) is 19.7. The van der Waals surface area contributed by atoms with Crippen molar-refractivity contribution < 1.29 is 19.8 Å². The first-order valence-electron chi connectivity index (χ1n) is 12.9. The van der Waals surface area contributed by atoms with E-state index in [0.29, 0.717) is 12.3 Å². The third-order valence-electron chi connectivity index (χ3n) is 6.73. The molecule has 0 aliphatic rings. The SMILES string of the molecule is CCCCC(CCCC)(CC(CC)CCCCCCCCCCCC(=O)O)C(=O)O. The standard InChI is InChI=1S/C26H50O4/c1-4-7-20-26(25(29)30,21-8-5-2)22-23(6-3)18-16-14-12-10-9-11-13-15-17-19-24(27)28/h23H,4-22H2,1-3H3,(H,27,28)(H,29,30). The van der Waals surface area contributed by atoms with Crippen LogP contribution in [-0.4, -0.2) is 22.2 Å². The lowest BCUT2D eigenvalue weighted by molar-refractivity contribution is -0.151. The average Bonchev–Trinajstić information content (AvgIpc) is 2.72. The number of aliphatic carboxylic acids is 2. The fraction of sp³-hybridized carbons (Fsp3) is 0.923. The summed E-state index contributed by atoms with van der Waals surface area (Å²) in [5, 5.41) is 18.7. The summed E-state index contributed by atoms with van der Waals surface area (Å²) in [5.74, 6) is -0.716. The Morgan fingerprint density at radius 2 is 1.17 bits per heavy atom. The maximum absolute atomic E-state index is 12.2. The molecule has 0 spiro atoms. The number of rotatable bonds is 22. The summed E-state index contributed by atoms with van der Waals surface area (Å²) in [6.45, 7) is 6.53. The Bertz CT molecular complexity index is 425. The van der Waals surface area contributed by atoms with Gasteiger partial charge in [-0.15, -0.1) is 0 Å². The van der Waals surface area contributed by atoms with Crippen molar-refractivity contribution in [3.63, 3.8) is 0 Å². The summed E-state index contributed by atoms with van der Waals surface area (Å²) in [6, 6.07) is 0. The molecule has 0 aromatic carbocycles. The van der Waals surface area contributed by atoms with E-state index >= 15 is 0 Å². The average molecular weight is 427 g/mol. The fourth-order valence-corrected chi connectivity index (χ4v) is 4.61. The number of hydrogen-bond acceptors (Lipinski definition) is 2. The Kier molecular flexibility index (Phi) is 18.0. The van der Waals surface area contributed by atoms with Crippen LogP contribution < -0.4 is 0 Å². The van der Waals surface area contributed by atoms with Gasteiger partial charge < -0.3 is 10.2 Å². The molecular weight excluding hydrogens is 376 g/mol. The molecule has 1 atom stereocenters. The highest BCUT2D eigenvalue weighted by Gasteiger charge is 2.38. The molecule has 0 aromatic rings. The number of unbranched alkanes of at least 4 members (excludes halogenated alkanes) is 10. The largest absolute Gasteiger partial charge is 0.481 e. The molecule has 0 fully saturated rings. The molecule has 4 heteroatoms. The molecule has 1 unspecified atom stereocenters. The van der Waals surface area contributed by atoms with Crippen molar-refractivity contribution in [3.8, 4) is 0 Å². The molecule has 0 radical (unpaired) electrons. The van der Waals surface area contributed by atoms with Gasteiger partial charge in [-0.25, -0.2) is 0 Å². The fourth-order valence-electron chi connectivity index (χ4n) is 4.61. The molecule has 0 amide bonds. The van der Waals surface area contributed by atoms with E-state index in [4.69, 9.17) is 5.11 Å². The van der Waals surface area contributed by atoms with Crippen LogP contribution in [0.25, 0.3) is 0 Å². The lowest BCUT2D eigenvalue weighted by Gasteiger charge is -2.33. The first kappa shape index (κ1) is 28.9. The van der Waals surface area contributed by atoms with Crippen molar-refractivity contribution in [3.05, 3.63) is 0 Å². The Morgan fingerprint density at radius 3 is 1.57 bits per heavy atom. The molecule has 30 heavy (non-hydrogen) atoms. The van der Waals surface area contributed by atoms with Gasteiger partial charge in [-0.1, -0.05) is 111 Å². The Labute approximate surface area is 186 Å². The van der Waals surface area contributed by atoms with Crippen molar-refractivity contribution in [2.45, 2.75) is 143 Å². The summed E-state index contributed by atoms with van der Waals surface area (Å²) in [5.41, 5.74) is -0.507. The molecule has 2 N–H and O–H groups in total. The molecule has 0 aliphatic heterocycles. The van der Waals surface area contributed by atoms with Gasteiger partial charge in [0.1, 0.15) is 0 Å². The highest BCUT2D eigenvalue weighted by Crippen LogP contribution is 2.40. The van der Waals surface area contributed by atoms with Crippen LogP contribution in [0, 0.1) is 11.3 Å². The predicted molar refractivity (Wildman–Crippen MR) is 126 cm³/mol.